The summed E-state index contributed by atoms with van der Waals surface area (Å²) in [6, 6.07) is 18.1. The molecule has 2 aromatic carbocycles. The lowest BCUT2D eigenvalue weighted by molar-refractivity contribution is -0.141. The van der Waals surface area contributed by atoms with Gasteiger partial charge in [0.05, 0.1) is 14.2 Å². The molecule has 0 aliphatic heterocycles. The topological polar surface area (TPSA) is 52.6 Å². The quantitative estimate of drug-likeness (QED) is 0.122. The maximum atomic E-state index is 11.2. The van der Waals surface area contributed by atoms with Gasteiger partial charge in [0, 0.05) is 12.8 Å². The van der Waals surface area contributed by atoms with Gasteiger partial charge < -0.3 is 9.47 Å². The predicted octanol–water partition coefficient (Wildman–Crippen LogP) is 8.36. The van der Waals surface area contributed by atoms with Crippen LogP contribution in [0.2, 0.25) is 0 Å². The second-order valence-corrected chi connectivity index (χ2v) is 10.5. The van der Waals surface area contributed by atoms with Gasteiger partial charge in [-0.05, 0) is 86.5 Å². The van der Waals surface area contributed by atoms with E-state index in [9.17, 15) is 9.59 Å². The van der Waals surface area contributed by atoms with Gasteiger partial charge in [0.1, 0.15) is 0 Å². The summed E-state index contributed by atoms with van der Waals surface area (Å²) in [5.41, 5.74) is 5.60. The van der Waals surface area contributed by atoms with Crippen LogP contribution in [0, 0.1) is 0 Å². The summed E-state index contributed by atoms with van der Waals surface area (Å²) >= 11 is 0. The highest BCUT2D eigenvalue weighted by Gasteiger charge is 2.02. The Bertz CT molecular complexity index is 810. The van der Waals surface area contributed by atoms with Crippen LogP contribution in [0.5, 0.6) is 0 Å². The average molecular weight is 523 g/mol. The second-order valence-electron chi connectivity index (χ2n) is 10.5. The van der Waals surface area contributed by atoms with Gasteiger partial charge in [-0.3, -0.25) is 9.59 Å². The smallest absolute Gasteiger partial charge is 0.305 e. The average Bonchev–Trinajstić information content (AvgIpc) is 2.95. The Kier molecular flexibility index (Phi) is 16.9. The lowest BCUT2D eigenvalue weighted by atomic mass is 10.0. The molecule has 0 fully saturated rings. The van der Waals surface area contributed by atoms with Gasteiger partial charge in [0.2, 0.25) is 0 Å². The van der Waals surface area contributed by atoms with Gasteiger partial charge in [-0.2, -0.15) is 0 Å². The van der Waals surface area contributed by atoms with Crippen LogP contribution in [-0.2, 0) is 44.7 Å². The van der Waals surface area contributed by atoms with E-state index in [0.717, 1.165) is 38.5 Å². The van der Waals surface area contributed by atoms with Crippen LogP contribution in [0.3, 0.4) is 0 Å². The van der Waals surface area contributed by atoms with Crippen molar-refractivity contribution in [3.63, 3.8) is 0 Å². The van der Waals surface area contributed by atoms with Crippen LogP contribution >= 0.6 is 0 Å². The first kappa shape index (κ1) is 31.6. The molecular weight excluding hydrogens is 472 g/mol. The molecule has 0 amide bonds. The molecule has 0 atom stereocenters. The molecule has 4 heteroatoms. The Hall–Kier alpha value is -2.62. The molecule has 0 aliphatic carbocycles. The molecule has 4 nitrogen and oxygen atoms in total. The summed E-state index contributed by atoms with van der Waals surface area (Å²) in [4.78, 5) is 22.3. The van der Waals surface area contributed by atoms with Crippen LogP contribution in [0.15, 0.2) is 48.5 Å². The third-order valence-electron chi connectivity index (χ3n) is 7.37. The number of carbonyl (C=O) groups excluding carboxylic acids is 2. The van der Waals surface area contributed by atoms with Gasteiger partial charge in [0.15, 0.2) is 0 Å². The van der Waals surface area contributed by atoms with Crippen molar-refractivity contribution in [3.05, 3.63) is 70.8 Å². The van der Waals surface area contributed by atoms with Crippen molar-refractivity contribution in [1.29, 1.82) is 0 Å². The molecule has 0 N–H and O–H groups in total. The molecule has 0 saturated carbocycles. The summed E-state index contributed by atoms with van der Waals surface area (Å²) in [5.74, 6) is -0.221. The van der Waals surface area contributed by atoms with Crippen molar-refractivity contribution >= 4 is 11.9 Å². The molecule has 0 saturated heterocycles. The standard InChI is InChI=1S/C34H50O4/c1-37-33(35)19-13-11-17-31-25-21-29(22-26-31)15-9-7-5-3-4-6-8-10-16-30-23-27-32(28-24-30)18-12-14-20-34(36)38-2/h21-28H,3-20H2,1-2H3. The van der Waals surface area contributed by atoms with E-state index in [4.69, 9.17) is 9.47 Å². The largest absolute Gasteiger partial charge is 0.469 e. The van der Waals surface area contributed by atoms with Crippen LogP contribution in [0.4, 0.5) is 0 Å². The molecule has 2 aromatic rings. The highest BCUT2D eigenvalue weighted by molar-refractivity contribution is 5.69. The third kappa shape index (κ3) is 15.0. The number of esters is 2. The van der Waals surface area contributed by atoms with E-state index in [-0.39, 0.29) is 11.9 Å². The van der Waals surface area contributed by atoms with E-state index in [1.165, 1.54) is 101 Å². The number of ether oxygens (including phenoxy) is 2. The minimum atomic E-state index is -0.111. The first-order valence-corrected chi connectivity index (χ1v) is 14.9. The number of hydrogen-bond donors (Lipinski definition) is 0. The lowest BCUT2D eigenvalue weighted by Crippen LogP contribution is -1.99. The van der Waals surface area contributed by atoms with Crippen LogP contribution < -0.4 is 0 Å². The Morgan fingerprint density at radius 3 is 0.921 bits per heavy atom. The lowest BCUT2D eigenvalue weighted by Gasteiger charge is -2.06. The Morgan fingerprint density at radius 1 is 0.421 bits per heavy atom. The molecule has 0 aromatic heterocycles. The second kappa shape index (κ2) is 20.4. The molecule has 0 bridgehead atoms. The maximum Gasteiger partial charge on any atom is 0.305 e. The number of carbonyl (C=O) groups is 2. The van der Waals surface area contributed by atoms with Crippen molar-refractivity contribution in [3.8, 4) is 0 Å². The third-order valence-corrected chi connectivity index (χ3v) is 7.37. The van der Waals surface area contributed by atoms with E-state index < -0.39 is 0 Å². The number of methoxy groups -OCH3 is 2. The first-order chi connectivity index (χ1) is 18.6. The molecule has 2 rings (SSSR count). The Balaban J connectivity index is 1.41. The summed E-state index contributed by atoms with van der Waals surface area (Å²) in [6.45, 7) is 0. The summed E-state index contributed by atoms with van der Waals surface area (Å²) in [5, 5.41) is 0. The van der Waals surface area contributed by atoms with Crippen molar-refractivity contribution < 1.29 is 19.1 Å². The molecular formula is C34H50O4. The van der Waals surface area contributed by atoms with Gasteiger partial charge >= 0.3 is 11.9 Å². The number of rotatable bonds is 21. The fourth-order valence-electron chi connectivity index (χ4n) is 4.87. The highest BCUT2D eigenvalue weighted by atomic mass is 16.5. The molecule has 0 radical (unpaired) electrons. The van der Waals surface area contributed by atoms with Gasteiger partial charge in [0.25, 0.3) is 0 Å². The minimum Gasteiger partial charge on any atom is -0.469 e. The number of benzene rings is 2. The molecule has 0 unspecified atom stereocenters. The molecule has 0 spiro atoms. The summed E-state index contributed by atoms with van der Waals surface area (Å²) in [6.07, 6.45) is 19.9. The summed E-state index contributed by atoms with van der Waals surface area (Å²) in [7, 11) is 2.90. The monoisotopic (exact) mass is 522 g/mol. The van der Waals surface area contributed by atoms with E-state index in [1.54, 1.807) is 0 Å². The highest BCUT2D eigenvalue weighted by Crippen LogP contribution is 2.15. The van der Waals surface area contributed by atoms with Gasteiger partial charge in [-0.1, -0.05) is 87.1 Å². The number of unbranched alkanes of at least 4 members (excludes halogenated alkanes) is 9. The molecule has 210 valence electrons. The van der Waals surface area contributed by atoms with Crippen LogP contribution in [-0.4, -0.2) is 26.2 Å². The normalized spacial score (nSPS) is 10.9. The van der Waals surface area contributed by atoms with E-state index in [2.05, 4.69) is 48.5 Å². The van der Waals surface area contributed by atoms with Crippen LogP contribution in [0.1, 0.15) is 112 Å². The predicted molar refractivity (Wildman–Crippen MR) is 156 cm³/mol. The van der Waals surface area contributed by atoms with E-state index in [0.29, 0.717) is 12.8 Å². The van der Waals surface area contributed by atoms with Crippen molar-refractivity contribution in [2.24, 2.45) is 0 Å². The number of hydrogen-bond acceptors (Lipinski definition) is 4. The molecule has 38 heavy (non-hydrogen) atoms. The van der Waals surface area contributed by atoms with Gasteiger partial charge in [-0.15, -0.1) is 0 Å². The van der Waals surface area contributed by atoms with E-state index in [1.807, 2.05) is 0 Å². The fraction of sp³-hybridized carbons (Fsp3) is 0.588. The van der Waals surface area contributed by atoms with Crippen molar-refractivity contribution in [2.75, 3.05) is 14.2 Å². The minimum absolute atomic E-state index is 0.111. The van der Waals surface area contributed by atoms with Gasteiger partial charge in [-0.25, -0.2) is 0 Å². The fourth-order valence-corrected chi connectivity index (χ4v) is 4.87. The maximum absolute atomic E-state index is 11.2. The molecule has 0 aliphatic rings. The Labute approximate surface area is 231 Å². The van der Waals surface area contributed by atoms with Crippen molar-refractivity contribution in [1.82, 2.24) is 0 Å². The molecule has 0 heterocycles. The Morgan fingerprint density at radius 2 is 0.658 bits per heavy atom. The zero-order valence-electron chi connectivity index (χ0n) is 24.0. The summed E-state index contributed by atoms with van der Waals surface area (Å²) < 4.78 is 9.38. The number of aryl methyl sites for hydroxylation is 4. The van der Waals surface area contributed by atoms with Crippen LogP contribution in [0.25, 0.3) is 0 Å². The zero-order chi connectivity index (χ0) is 27.3. The SMILES string of the molecule is COC(=O)CCCCc1ccc(CCCCCCCCCCc2ccc(CCCCC(=O)OC)cc2)cc1. The van der Waals surface area contributed by atoms with E-state index >= 15 is 0 Å². The first-order valence-electron chi connectivity index (χ1n) is 14.9. The zero-order valence-corrected chi connectivity index (χ0v) is 24.0. The van der Waals surface area contributed by atoms with Crippen molar-refractivity contribution in [2.45, 2.75) is 116 Å².